The van der Waals surface area contributed by atoms with E-state index < -0.39 is 0 Å². The lowest BCUT2D eigenvalue weighted by Gasteiger charge is -2.24. The summed E-state index contributed by atoms with van der Waals surface area (Å²) in [6.45, 7) is 0.852. The van der Waals surface area contributed by atoms with Gasteiger partial charge in [0.25, 0.3) is 0 Å². The molecule has 1 aliphatic rings. The molecule has 0 atom stereocenters. The molecule has 0 aliphatic heterocycles. The standard InChI is InChI=1S/C24H26N2O2S/c1-27-21-13-12-17(16-22(21)28-2)14-15-26-20-11-7-6-10-19(20)24(29)25-23(26)18-8-4-3-5-9-18/h3-5,8-9,12-13,16H,6-7,10-11,14-15H2,1-2H3. The quantitative estimate of drug-likeness (QED) is 0.512. The fourth-order valence-corrected chi connectivity index (χ4v) is 4.40. The number of hydrogen-bond acceptors (Lipinski definition) is 4. The Bertz CT molecular complexity index is 1060. The summed E-state index contributed by atoms with van der Waals surface area (Å²) in [5, 5.41) is 0. The predicted molar refractivity (Wildman–Crippen MR) is 118 cm³/mol. The van der Waals surface area contributed by atoms with Crippen molar-refractivity contribution in [1.29, 1.82) is 0 Å². The maximum atomic E-state index is 5.67. The normalized spacial score (nSPS) is 13.0. The minimum Gasteiger partial charge on any atom is -0.493 e. The third-order valence-corrected chi connectivity index (χ3v) is 5.93. The van der Waals surface area contributed by atoms with E-state index in [0.29, 0.717) is 0 Å². The highest BCUT2D eigenvalue weighted by molar-refractivity contribution is 7.71. The number of hydrogen-bond donors (Lipinski definition) is 0. The van der Waals surface area contributed by atoms with Crippen LogP contribution in [0.5, 0.6) is 11.5 Å². The lowest BCUT2D eigenvalue weighted by Crippen LogP contribution is -2.19. The maximum Gasteiger partial charge on any atom is 0.160 e. The van der Waals surface area contributed by atoms with E-state index in [-0.39, 0.29) is 0 Å². The zero-order valence-electron chi connectivity index (χ0n) is 17.0. The lowest BCUT2D eigenvalue weighted by molar-refractivity contribution is 0.354. The topological polar surface area (TPSA) is 36.3 Å². The largest absolute Gasteiger partial charge is 0.493 e. The molecule has 0 fully saturated rings. The first-order valence-corrected chi connectivity index (χ1v) is 10.5. The van der Waals surface area contributed by atoms with Gasteiger partial charge in [-0.2, -0.15) is 0 Å². The van der Waals surface area contributed by atoms with Gasteiger partial charge in [-0.3, -0.25) is 0 Å². The Labute approximate surface area is 177 Å². The number of aromatic nitrogens is 2. The van der Waals surface area contributed by atoms with Gasteiger partial charge < -0.3 is 14.0 Å². The van der Waals surface area contributed by atoms with Gasteiger partial charge in [0.2, 0.25) is 0 Å². The van der Waals surface area contributed by atoms with E-state index in [0.717, 1.165) is 53.3 Å². The Balaban J connectivity index is 1.73. The molecule has 1 aromatic heterocycles. The second kappa shape index (κ2) is 8.78. The third-order valence-electron chi connectivity index (χ3n) is 5.59. The molecular formula is C24H26N2O2S. The minimum atomic E-state index is 0.753. The molecule has 150 valence electrons. The van der Waals surface area contributed by atoms with E-state index in [1.54, 1.807) is 14.2 Å². The van der Waals surface area contributed by atoms with Gasteiger partial charge in [-0.1, -0.05) is 48.6 Å². The van der Waals surface area contributed by atoms with Crippen LogP contribution in [0.25, 0.3) is 11.4 Å². The van der Waals surface area contributed by atoms with Gasteiger partial charge in [-0.05, 0) is 49.8 Å². The van der Waals surface area contributed by atoms with Crippen LogP contribution >= 0.6 is 12.2 Å². The Hall–Kier alpha value is -2.66. The molecule has 4 rings (SSSR count). The van der Waals surface area contributed by atoms with Crippen LogP contribution < -0.4 is 9.47 Å². The average Bonchev–Trinajstić information content (AvgIpc) is 2.78. The van der Waals surface area contributed by atoms with E-state index >= 15 is 0 Å². The van der Waals surface area contributed by atoms with Crippen LogP contribution in [0, 0.1) is 4.64 Å². The van der Waals surface area contributed by atoms with Gasteiger partial charge >= 0.3 is 0 Å². The molecule has 0 bridgehead atoms. The molecule has 0 saturated heterocycles. The van der Waals surface area contributed by atoms with Crippen molar-refractivity contribution >= 4 is 12.2 Å². The van der Waals surface area contributed by atoms with Crippen molar-refractivity contribution in [3.05, 3.63) is 70.0 Å². The van der Waals surface area contributed by atoms with Crippen molar-refractivity contribution in [2.24, 2.45) is 0 Å². The van der Waals surface area contributed by atoms with Crippen LogP contribution in [0.3, 0.4) is 0 Å². The van der Waals surface area contributed by atoms with Crippen molar-refractivity contribution in [3.63, 3.8) is 0 Å². The van der Waals surface area contributed by atoms with Gasteiger partial charge in [-0.15, -0.1) is 0 Å². The Morgan fingerprint density at radius 2 is 1.72 bits per heavy atom. The zero-order chi connectivity index (χ0) is 20.2. The molecule has 29 heavy (non-hydrogen) atoms. The highest BCUT2D eigenvalue weighted by Gasteiger charge is 2.19. The molecule has 0 unspecified atom stereocenters. The van der Waals surface area contributed by atoms with Crippen LogP contribution in [0.15, 0.2) is 48.5 Å². The first-order chi connectivity index (χ1) is 14.2. The Kier molecular flexibility index (Phi) is 5.95. The van der Waals surface area contributed by atoms with Crippen molar-refractivity contribution < 1.29 is 9.47 Å². The van der Waals surface area contributed by atoms with Crippen molar-refractivity contribution in [2.75, 3.05) is 14.2 Å². The second-order valence-electron chi connectivity index (χ2n) is 7.33. The molecule has 0 amide bonds. The number of nitrogens with zero attached hydrogens (tertiary/aromatic N) is 2. The van der Waals surface area contributed by atoms with E-state index in [1.807, 2.05) is 12.1 Å². The molecular weight excluding hydrogens is 380 g/mol. The van der Waals surface area contributed by atoms with Crippen LogP contribution in [0.1, 0.15) is 29.7 Å². The molecule has 5 heteroatoms. The summed E-state index contributed by atoms with van der Waals surface area (Å²) in [6, 6.07) is 16.5. The number of methoxy groups -OCH3 is 2. The van der Waals surface area contributed by atoms with Crippen molar-refractivity contribution in [3.8, 4) is 22.9 Å². The summed E-state index contributed by atoms with van der Waals surface area (Å²) < 4.78 is 14.0. The van der Waals surface area contributed by atoms with Gasteiger partial charge in [0.05, 0.1) is 14.2 Å². The first-order valence-electron chi connectivity index (χ1n) is 10.1. The smallest absolute Gasteiger partial charge is 0.160 e. The summed E-state index contributed by atoms with van der Waals surface area (Å²) in [6.07, 6.45) is 5.38. The fraction of sp³-hybridized carbons (Fsp3) is 0.333. The summed E-state index contributed by atoms with van der Waals surface area (Å²) in [5.74, 6) is 2.49. The number of aryl methyl sites for hydroxylation is 1. The maximum absolute atomic E-state index is 5.67. The second-order valence-corrected chi connectivity index (χ2v) is 7.72. The van der Waals surface area contributed by atoms with E-state index in [1.165, 1.54) is 29.7 Å². The van der Waals surface area contributed by atoms with Crippen LogP contribution in [0.2, 0.25) is 0 Å². The Morgan fingerprint density at radius 1 is 0.966 bits per heavy atom. The molecule has 0 spiro atoms. The number of fused-ring (bicyclic) bond motifs is 1. The lowest BCUT2D eigenvalue weighted by atomic mass is 9.96. The van der Waals surface area contributed by atoms with Crippen molar-refractivity contribution in [1.82, 2.24) is 9.55 Å². The zero-order valence-corrected chi connectivity index (χ0v) is 17.8. The number of benzene rings is 2. The molecule has 1 aliphatic carbocycles. The van der Waals surface area contributed by atoms with Crippen LogP contribution in [-0.2, 0) is 25.8 Å². The summed E-state index contributed by atoms with van der Waals surface area (Å²) >= 11 is 5.67. The highest BCUT2D eigenvalue weighted by atomic mass is 32.1. The van der Waals surface area contributed by atoms with E-state index in [2.05, 4.69) is 41.0 Å². The highest BCUT2D eigenvalue weighted by Crippen LogP contribution is 2.30. The molecule has 0 saturated carbocycles. The number of rotatable bonds is 6. The van der Waals surface area contributed by atoms with Gasteiger partial charge in [0.15, 0.2) is 11.5 Å². The SMILES string of the molecule is COc1ccc(CCn2c(-c3ccccc3)nc(=S)c3c2CCCC3)cc1OC. The molecule has 2 aromatic carbocycles. The van der Waals surface area contributed by atoms with Gasteiger partial charge in [0.1, 0.15) is 10.5 Å². The van der Waals surface area contributed by atoms with Gasteiger partial charge in [0, 0.05) is 23.4 Å². The molecule has 1 heterocycles. The summed E-state index contributed by atoms with van der Waals surface area (Å²) in [7, 11) is 3.33. The number of ether oxygens (including phenoxy) is 2. The van der Waals surface area contributed by atoms with Crippen LogP contribution in [-0.4, -0.2) is 23.8 Å². The predicted octanol–water partition coefficient (Wildman–Crippen LogP) is 5.42. The molecule has 4 nitrogen and oxygen atoms in total. The fourth-order valence-electron chi connectivity index (χ4n) is 4.10. The molecule has 0 N–H and O–H groups in total. The van der Waals surface area contributed by atoms with Crippen LogP contribution in [0.4, 0.5) is 0 Å². The monoisotopic (exact) mass is 406 g/mol. The van der Waals surface area contributed by atoms with E-state index in [9.17, 15) is 0 Å². The van der Waals surface area contributed by atoms with E-state index in [4.69, 9.17) is 26.7 Å². The van der Waals surface area contributed by atoms with Crippen molar-refractivity contribution in [2.45, 2.75) is 38.6 Å². The molecule has 3 aromatic rings. The average molecular weight is 407 g/mol. The first kappa shape index (κ1) is 19.6. The molecule has 0 radical (unpaired) electrons. The minimum absolute atomic E-state index is 0.753. The summed E-state index contributed by atoms with van der Waals surface area (Å²) in [4.78, 5) is 4.86. The Morgan fingerprint density at radius 3 is 2.48 bits per heavy atom. The summed E-state index contributed by atoms with van der Waals surface area (Å²) in [5.41, 5.74) is 4.94. The van der Waals surface area contributed by atoms with Gasteiger partial charge in [-0.25, -0.2) is 4.98 Å². The third kappa shape index (κ3) is 4.06.